The SMILES string of the molecule is CCCOc1nnc(CC)c(CC)c1CN. The van der Waals surface area contributed by atoms with E-state index in [0.717, 1.165) is 30.5 Å². The van der Waals surface area contributed by atoms with Gasteiger partial charge in [-0.1, -0.05) is 20.8 Å². The minimum absolute atomic E-state index is 0.463. The molecule has 1 aromatic heterocycles. The Morgan fingerprint density at radius 2 is 1.81 bits per heavy atom. The number of ether oxygens (including phenoxy) is 1. The second kappa shape index (κ2) is 6.43. The number of aryl methyl sites for hydroxylation is 1. The maximum Gasteiger partial charge on any atom is 0.238 e. The molecule has 0 radical (unpaired) electrons. The lowest BCUT2D eigenvalue weighted by Crippen LogP contribution is -2.12. The van der Waals surface area contributed by atoms with E-state index in [9.17, 15) is 0 Å². The van der Waals surface area contributed by atoms with Crippen molar-refractivity contribution in [2.24, 2.45) is 5.73 Å². The molecule has 1 aromatic rings. The van der Waals surface area contributed by atoms with Crippen LogP contribution in [0, 0.1) is 0 Å². The van der Waals surface area contributed by atoms with Crippen LogP contribution in [0.2, 0.25) is 0 Å². The summed E-state index contributed by atoms with van der Waals surface area (Å²) in [6.45, 7) is 7.38. The predicted molar refractivity (Wildman–Crippen MR) is 64.5 cm³/mol. The lowest BCUT2D eigenvalue weighted by atomic mass is 10.0. The number of nitrogens with two attached hydrogens (primary N) is 1. The standard InChI is InChI=1S/C12H21N3O/c1-4-7-16-12-10(8-13)9(5-2)11(6-3)14-15-12/h4-8,13H2,1-3H3. The van der Waals surface area contributed by atoms with Gasteiger partial charge in [0.1, 0.15) is 0 Å². The summed E-state index contributed by atoms with van der Waals surface area (Å²) in [5.74, 6) is 0.610. The van der Waals surface area contributed by atoms with Crippen molar-refractivity contribution in [3.05, 3.63) is 16.8 Å². The summed E-state index contributed by atoms with van der Waals surface area (Å²) >= 11 is 0. The average molecular weight is 223 g/mol. The van der Waals surface area contributed by atoms with Crippen LogP contribution in [-0.4, -0.2) is 16.8 Å². The van der Waals surface area contributed by atoms with Crippen molar-refractivity contribution < 1.29 is 4.74 Å². The summed E-state index contributed by atoms with van der Waals surface area (Å²) in [6, 6.07) is 0. The smallest absolute Gasteiger partial charge is 0.238 e. The van der Waals surface area contributed by atoms with Gasteiger partial charge in [0.15, 0.2) is 0 Å². The van der Waals surface area contributed by atoms with Gasteiger partial charge in [-0.2, -0.15) is 5.10 Å². The first-order valence-corrected chi connectivity index (χ1v) is 5.98. The Kier molecular flexibility index (Phi) is 5.19. The summed E-state index contributed by atoms with van der Waals surface area (Å²) in [5.41, 5.74) is 9.03. The molecule has 90 valence electrons. The first-order valence-electron chi connectivity index (χ1n) is 5.98. The zero-order chi connectivity index (χ0) is 12.0. The fraction of sp³-hybridized carbons (Fsp3) is 0.667. The van der Waals surface area contributed by atoms with Crippen molar-refractivity contribution in [2.45, 2.75) is 46.6 Å². The Bertz CT molecular complexity index is 339. The fourth-order valence-electron chi connectivity index (χ4n) is 1.76. The molecule has 0 spiro atoms. The Labute approximate surface area is 97.2 Å². The monoisotopic (exact) mass is 223 g/mol. The highest BCUT2D eigenvalue weighted by Crippen LogP contribution is 2.22. The second-order valence-corrected chi connectivity index (χ2v) is 3.67. The topological polar surface area (TPSA) is 61.0 Å². The molecular weight excluding hydrogens is 202 g/mol. The lowest BCUT2D eigenvalue weighted by Gasteiger charge is -2.14. The van der Waals surface area contributed by atoms with Crippen molar-refractivity contribution in [3.63, 3.8) is 0 Å². The van der Waals surface area contributed by atoms with Gasteiger partial charge in [0.2, 0.25) is 5.88 Å². The molecule has 0 saturated carbocycles. The Morgan fingerprint density at radius 1 is 1.06 bits per heavy atom. The summed E-state index contributed by atoms with van der Waals surface area (Å²) in [5, 5.41) is 8.31. The van der Waals surface area contributed by atoms with Gasteiger partial charge in [-0.15, -0.1) is 5.10 Å². The first-order chi connectivity index (χ1) is 7.78. The Morgan fingerprint density at radius 3 is 2.31 bits per heavy atom. The van der Waals surface area contributed by atoms with E-state index in [2.05, 4.69) is 31.0 Å². The molecule has 0 aromatic carbocycles. The second-order valence-electron chi connectivity index (χ2n) is 3.67. The normalized spacial score (nSPS) is 10.5. The third kappa shape index (κ3) is 2.70. The van der Waals surface area contributed by atoms with Gasteiger partial charge in [-0.05, 0) is 24.8 Å². The van der Waals surface area contributed by atoms with Crippen LogP contribution in [0.3, 0.4) is 0 Å². The van der Waals surface area contributed by atoms with E-state index in [1.54, 1.807) is 0 Å². The average Bonchev–Trinajstić information content (AvgIpc) is 2.34. The van der Waals surface area contributed by atoms with E-state index in [1.807, 2.05) is 0 Å². The summed E-state index contributed by atoms with van der Waals surface area (Å²) in [4.78, 5) is 0. The molecular formula is C12H21N3O. The summed E-state index contributed by atoms with van der Waals surface area (Å²) < 4.78 is 5.57. The molecule has 0 saturated heterocycles. The van der Waals surface area contributed by atoms with Crippen molar-refractivity contribution in [1.82, 2.24) is 10.2 Å². The highest BCUT2D eigenvalue weighted by Gasteiger charge is 2.13. The summed E-state index contributed by atoms with van der Waals surface area (Å²) in [7, 11) is 0. The zero-order valence-corrected chi connectivity index (χ0v) is 10.4. The van der Waals surface area contributed by atoms with E-state index < -0.39 is 0 Å². The quantitative estimate of drug-likeness (QED) is 0.799. The molecule has 0 aliphatic rings. The highest BCUT2D eigenvalue weighted by atomic mass is 16.5. The van der Waals surface area contributed by atoms with Crippen LogP contribution in [0.5, 0.6) is 5.88 Å². The number of hydrogen-bond acceptors (Lipinski definition) is 4. The Balaban J connectivity index is 3.10. The maximum atomic E-state index is 5.77. The van der Waals surface area contributed by atoms with Crippen LogP contribution in [0.4, 0.5) is 0 Å². The van der Waals surface area contributed by atoms with E-state index in [1.165, 1.54) is 5.56 Å². The van der Waals surface area contributed by atoms with Crippen molar-refractivity contribution in [2.75, 3.05) is 6.61 Å². The largest absolute Gasteiger partial charge is 0.476 e. The van der Waals surface area contributed by atoms with E-state index in [4.69, 9.17) is 10.5 Å². The molecule has 4 nitrogen and oxygen atoms in total. The Hall–Kier alpha value is -1.16. The number of rotatable bonds is 6. The van der Waals surface area contributed by atoms with Gasteiger partial charge in [-0.25, -0.2) is 0 Å². The van der Waals surface area contributed by atoms with Gasteiger partial charge in [0.25, 0.3) is 0 Å². The zero-order valence-electron chi connectivity index (χ0n) is 10.4. The molecule has 1 heterocycles. The molecule has 0 unspecified atom stereocenters. The lowest BCUT2D eigenvalue weighted by molar-refractivity contribution is 0.297. The van der Waals surface area contributed by atoms with E-state index in [-0.39, 0.29) is 0 Å². The molecule has 0 bridgehead atoms. The molecule has 4 heteroatoms. The van der Waals surface area contributed by atoms with Gasteiger partial charge >= 0.3 is 0 Å². The predicted octanol–water partition coefficient (Wildman–Crippen LogP) is 1.85. The molecule has 0 atom stereocenters. The van der Waals surface area contributed by atoms with Crippen molar-refractivity contribution in [3.8, 4) is 5.88 Å². The third-order valence-corrected chi connectivity index (χ3v) is 2.57. The highest BCUT2D eigenvalue weighted by molar-refractivity contribution is 5.36. The number of hydrogen-bond donors (Lipinski definition) is 1. The van der Waals surface area contributed by atoms with Crippen LogP contribution in [0.25, 0.3) is 0 Å². The molecule has 2 N–H and O–H groups in total. The van der Waals surface area contributed by atoms with E-state index >= 15 is 0 Å². The van der Waals surface area contributed by atoms with Crippen LogP contribution in [-0.2, 0) is 19.4 Å². The first kappa shape index (κ1) is 12.9. The molecule has 0 fully saturated rings. The van der Waals surface area contributed by atoms with Gasteiger partial charge in [0.05, 0.1) is 12.3 Å². The van der Waals surface area contributed by atoms with Gasteiger partial charge < -0.3 is 10.5 Å². The minimum atomic E-state index is 0.463. The molecule has 0 aliphatic carbocycles. The molecule has 0 aliphatic heterocycles. The van der Waals surface area contributed by atoms with E-state index in [0.29, 0.717) is 19.0 Å². The number of aromatic nitrogens is 2. The van der Waals surface area contributed by atoms with Crippen LogP contribution in [0.15, 0.2) is 0 Å². The van der Waals surface area contributed by atoms with Crippen LogP contribution in [0.1, 0.15) is 44.0 Å². The molecule has 16 heavy (non-hydrogen) atoms. The van der Waals surface area contributed by atoms with Crippen LogP contribution < -0.4 is 10.5 Å². The van der Waals surface area contributed by atoms with Crippen LogP contribution >= 0.6 is 0 Å². The molecule has 0 amide bonds. The molecule has 1 rings (SSSR count). The van der Waals surface area contributed by atoms with Crippen molar-refractivity contribution >= 4 is 0 Å². The van der Waals surface area contributed by atoms with Gasteiger partial charge in [0, 0.05) is 12.1 Å². The third-order valence-electron chi connectivity index (χ3n) is 2.57. The van der Waals surface area contributed by atoms with Gasteiger partial charge in [-0.3, -0.25) is 0 Å². The maximum absolute atomic E-state index is 5.77. The van der Waals surface area contributed by atoms with Crippen molar-refractivity contribution in [1.29, 1.82) is 0 Å². The number of nitrogens with zero attached hydrogens (tertiary/aromatic N) is 2. The summed E-state index contributed by atoms with van der Waals surface area (Å²) in [6.07, 6.45) is 2.77. The fourth-order valence-corrected chi connectivity index (χ4v) is 1.76. The minimum Gasteiger partial charge on any atom is -0.476 e.